The first kappa shape index (κ1) is 22.3. The van der Waals surface area contributed by atoms with Crippen LogP contribution in [0.4, 0.5) is 13.2 Å². The van der Waals surface area contributed by atoms with E-state index in [1.54, 1.807) is 0 Å². The summed E-state index contributed by atoms with van der Waals surface area (Å²) in [6.07, 6.45) is 0.0137. The number of hydrogen-bond acceptors (Lipinski definition) is 4. The minimum absolute atomic E-state index is 0.0167. The first-order valence-corrected chi connectivity index (χ1v) is 9.64. The molecule has 1 aliphatic heterocycles. The van der Waals surface area contributed by atoms with Crippen molar-refractivity contribution in [3.8, 4) is 5.88 Å². The summed E-state index contributed by atoms with van der Waals surface area (Å²) in [6.45, 7) is 5.44. The summed E-state index contributed by atoms with van der Waals surface area (Å²) in [6, 6.07) is 2.20. The number of rotatable bonds is 8. The minimum Gasteiger partial charge on any atom is -0.475 e. The normalized spacial score (nSPS) is 16.1. The average Bonchev–Trinajstić information content (AvgIpc) is 2.69. The van der Waals surface area contributed by atoms with Gasteiger partial charge in [-0.3, -0.25) is 0 Å². The van der Waals surface area contributed by atoms with Crippen LogP contribution in [0.1, 0.15) is 31.7 Å². The number of nitrogens with zero attached hydrogens (tertiary/aromatic N) is 3. The fourth-order valence-corrected chi connectivity index (χ4v) is 3.00. The lowest BCUT2D eigenvalue weighted by molar-refractivity contribution is -0.139. The molecule has 158 valence electrons. The second-order valence-electron chi connectivity index (χ2n) is 6.70. The molecule has 2 rings (SSSR count). The molecule has 6 nitrogen and oxygen atoms in total. The van der Waals surface area contributed by atoms with Crippen LogP contribution in [0.2, 0.25) is 0 Å². The van der Waals surface area contributed by atoms with Gasteiger partial charge in [0.05, 0.1) is 6.54 Å². The third-order valence-corrected chi connectivity index (χ3v) is 4.58. The molecule has 0 spiro atoms. The maximum atomic E-state index is 13.0. The van der Waals surface area contributed by atoms with Gasteiger partial charge in [0, 0.05) is 39.5 Å². The fraction of sp³-hybridized carbons (Fsp3) is 0.684. The molecular formula is C19H29F3N4O2. The molecule has 1 fully saturated rings. The van der Waals surface area contributed by atoms with Gasteiger partial charge in [0.2, 0.25) is 5.88 Å². The van der Waals surface area contributed by atoms with Gasteiger partial charge in [-0.15, -0.1) is 0 Å². The SMILES string of the molecule is CCNC(=NCCOc1ncccc1C(F)(F)F)N(C)CCC1CCOCC1. The summed E-state index contributed by atoms with van der Waals surface area (Å²) in [5.41, 5.74) is -0.875. The fourth-order valence-electron chi connectivity index (χ4n) is 3.00. The maximum absolute atomic E-state index is 13.0. The number of aromatic nitrogens is 1. The van der Waals surface area contributed by atoms with Crippen molar-refractivity contribution in [3.63, 3.8) is 0 Å². The first-order chi connectivity index (χ1) is 13.4. The van der Waals surface area contributed by atoms with Crippen molar-refractivity contribution < 1.29 is 22.6 Å². The molecule has 0 aromatic carbocycles. The van der Waals surface area contributed by atoms with Crippen LogP contribution in [-0.4, -0.2) is 62.3 Å². The second kappa shape index (κ2) is 11.1. The molecule has 1 aliphatic rings. The van der Waals surface area contributed by atoms with Gasteiger partial charge < -0.3 is 19.7 Å². The van der Waals surface area contributed by atoms with Crippen LogP contribution in [0.25, 0.3) is 0 Å². The van der Waals surface area contributed by atoms with Crippen molar-refractivity contribution in [2.45, 2.75) is 32.4 Å². The van der Waals surface area contributed by atoms with Gasteiger partial charge in [0.15, 0.2) is 5.96 Å². The number of halogens is 3. The molecule has 28 heavy (non-hydrogen) atoms. The summed E-state index contributed by atoms with van der Waals surface area (Å²) < 4.78 is 49.5. The molecule has 1 N–H and O–H groups in total. The van der Waals surface area contributed by atoms with E-state index in [9.17, 15) is 13.2 Å². The van der Waals surface area contributed by atoms with Crippen LogP contribution < -0.4 is 10.1 Å². The molecule has 1 aromatic rings. The molecule has 0 amide bonds. The van der Waals surface area contributed by atoms with E-state index in [0.29, 0.717) is 12.5 Å². The van der Waals surface area contributed by atoms with Crippen molar-refractivity contribution in [1.82, 2.24) is 15.2 Å². The molecule has 0 saturated carbocycles. The number of hydrogen-bond donors (Lipinski definition) is 1. The maximum Gasteiger partial charge on any atom is 0.421 e. The topological polar surface area (TPSA) is 59.0 Å². The van der Waals surface area contributed by atoms with E-state index < -0.39 is 17.6 Å². The van der Waals surface area contributed by atoms with Crippen molar-refractivity contribution in [2.75, 3.05) is 46.5 Å². The van der Waals surface area contributed by atoms with Crippen molar-refractivity contribution in [1.29, 1.82) is 0 Å². The Bertz CT molecular complexity index is 619. The van der Waals surface area contributed by atoms with Gasteiger partial charge in [-0.25, -0.2) is 9.98 Å². The Labute approximate surface area is 164 Å². The van der Waals surface area contributed by atoms with Crippen LogP contribution in [0.5, 0.6) is 5.88 Å². The largest absolute Gasteiger partial charge is 0.475 e. The quantitative estimate of drug-likeness (QED) is 0.411. The summed E-state index contributed by atoms with van der Waals surface area (Å²) in [5, 5.41) is 3.20. The second-order valence-corrected chi connectivity index (χ2v) is 6.70. The zero-order chi connectivity index (χ0) is 20.4. The molecule has 9 heteroatoms. The molecule has 0 bridgehead atoms. The molecule has 0 radical (unpaired) electrons. The summed E-state index contributed by atoms with van der Waals surface area (Å²) in [5.74, 6) is 0.964. The van der Waals surface area contributed by atoms with Crippen LogP contribution in [0.3, 0.4) is 0 Å². The summed E-state index contributed by atoms with van der Waals surface area (Å²) >= 11 is 0. The average molecular weight is 402 g/mol. The van der Waals surface area contributed by atoms with Gasteiger partial charge in [-0.05, 0) is 44.2 Å². The number of aliphatic imine (C=N–C) groups is 1. The molecule has 2 heterocycles. The van der Waals surface area contributed by atoms with Crippen LogP contribution in [0, 0.1) is 5.92 Å². The van der Waals surface area contributed by atoms with Gasteiger partial charge in [-0.1, -0.05) is 0 Å². The summed E-state index contributed by atoms with van der Waals surface area (Å²) in [4.78, 5) is 10.2. The first-order valence-electron chi connectivity index (χ1n) is 9.64. The third-order valence-electron chi connectivity index (χ3n) is 4.58. The number of alkyl halides is 3. The molecular weight excluding hydrogens is 373 g/mol. The van der Waals surface area contributed by atoms with Gasteiger partial charge in [-0.2, -0.15) is 13.2 Å². The van der Waals surface area contributed by atoms with Gasteiger partial charge in [0.25, 0.3) is 0 Å². The van der Waals surface area contributed by atoms with Crippen LogP contribution in [0.15, 0.2) is 23.3 Å². The highest BCUT2D eigenvalue weighted by molar-refractivity contribution is 5.79. The highest BCUT2D eigenvalue weighted by Gasteiger charge is 2.35. The Hall–Kier alpha value is -2.03. The number of ether oxygens (including phenoxy) is 2. The van der Waals surface area contributed by atoms with E-state index in [-0.39, 0.29) is 13.2 Å². The number of pyridine rings is 1. The van der Waals surface area contributed by atoms with E-state index >= 15 is 0 Å². The predicted molar refractivity (Wildman–Crippen MR) is 102 cm³/mol. The zero-order valence-electron chi connectivity index (χ0n) is 16.5. The lowest BCUT2D eigenvalue weighted by Gasteiger charge is -2.26. The van der Waals surface area contributed by atoms with E-state index in [4.69, 9.17) is 9.47 Å². The van der Waals surface area contributed by atoms with E-state index in [0.717, 1.165) is 51.0 Å². The smallest absolute Gasteiger partial charge is 0.421 e. The number of guanidine groups is 1. The Balaban J connectivity index is 1.85. The van der Waals surface area contributed by atoms with Gasteiger partial charge in [0.1, 0.15) is 12.2 Å². The van der Waals surface area contributed by atoms with Crippen molar-refractivity contribution >= 4 is 5.96 Å². The third kappa shape index (κ3) is 7.18. The van der Waals surface area contributed by atoms with E-state index in [1.807, 2.05) is 18.9 Å². The standard InChI is InChI=1S/C19H29F3N4O2/c1-3-23-18(26(2)11-6-15-7-12-27-13-8-15)25-10-14-28-17-16(19(20,21)22)5-4-9-24-17/h4-5,9,15H,3,6-8,10-14H2,1-2H3,(H,23,25). The highest BCUT2D eigenvalue weighted by atomic mass is 19.4. The van der Waals surface area contributed by atoms with Crippen molar-refractivity contribution in [2.24, 2.45) is 10.9 Å². The Morgan fingerprint density at radius 3 is 2.82 bits per heavy atom. The Morgan fingerprint density at radius 2 is 2.14 bits per heavy atom. The number of nitrogens with one attached hydrogen (secondary N) is 1. The Morgan fingerprint density at radius 1 is 1.39 bits per heavy atom. The lowest BCUT2D eigenvalue weighted by atomic mass is 9.96. The van der Waals surface area contributed by atoms with Gasteiger partial charge >= 0.3 is 6.18 Å². The predicted octanol–water partition coefficient (Wildman–Crippen LogP) is 3.19. The lowest BCUT2D eigenvalue weighted by Crippen LogP contribution is -2.40. The van der Waals surface area contributed by atoms with E-state index in [2.05, 4.69) is 15.3 Å². The molecule has 0 aliphatic carbocycles. The van der Waals surface area contributed by atoms with Crippen molar-refractivity contribution in [3.05, 3.63) is 23.9 Å². The van der Waals surface area contributed by atoms with E-state index in [1.165, 1.54) is 12.3 Å². The monoisotopic (exact) mass is 402 g/mol. The summed E-state index contributed by atoms with van der Waals surface area (Å²) in [7, 11) is 1.96. The molecule has 0 unspecified atom stereocenters. The Kier molecular flexibility index (Phi) is 8.82. The minimum atomic E-state index is -4.49. The highest BCUT2D eigenvalue weighted by Crippen LogP contribution is 2.34. The molecule has 1 saturated heterocycles. The zero-order valence-corrected chi connectivity index (χ0v) is 16.5. The van der Waals surface area contributed by atoms with Crippen LogP contribution >= 0.6 is 0 Å². The molecule has 0 atom stereocenters. The van der Waals surface area contributed by atoms with Crippen LogP contribution in [-0.2, 0) is 10.9 Å². The molecule has 1 aromatic heterocycles.